The Morgan fingerprint density at radius 3 is 2.31 bits per heavy atom. The first-order valence-electron chi connectivity index (χ1n) is 11.9. The van der Waals surface area contributed by atoms with Crippen LogP contribution in [-0.4, -0.2) is 65.2 Å². The minimum atomic E-state index is -3.57. The molecule has 1 aliphatic heterocycles. The summed E-state index contributed by atoms with van der Waals surface area (Å²) in [5.41, 5.74) is 1.91. The van der Waals surface area contributed by atoms with E-state index >= 15 is 0 Å². The third kappa shape index (κ3) is 5.38. The Labute approximate surface area is 205 Å². The summed E-state index contributed by atoms with van der Waals surface area (Å²) in [6, 6.07) is 15.9. The van der Waals surface area contributed by atoms with Gasteiger partial charge in [-0.2, -0.15) is 4.31 Å². The second-order valence-corrected chi connectivity index (χ2v) is 10.5. The van der Waals surface area contributed by atoms with E-state index in [1.54, 1.807) is 35.2 Å². The summed E-state index contributed by atoms with van der Waals surface area (Å²) in [5.74, 6) is 0.417. The first kappa shape index (κ1) is 24.9. The maximum atomic E-state index is 12.8. The highest BCUT2D eigenvalue weighted by Crippen LogP contribution is 2.21. The first-order valence-corrected chi connectivity index (χ1v) is 13.3. The van der Waals surface area contributed by atoms with Crippen LogP contribution >= 0.6 is 0 Å². The van der Waals surface area contributed by atoms with Gasteiger partial charge in [0.1, 0.15) is 5.82 Å². The predicted molar refractivity (Wildman–Crippen MR) is 133 cm³/mol. The Bertz CT molecular complexity index is 1300. The molecule has 0 radical (unpaired) electrons. The second kappa shape index (κ2) is 10.6. The van der Waals surface area contributed by atoms with Crippen molar-refractivity contribution in [3.63, 3.8) is 0 Å². The molecule has 10 heteroatoms. The molecule has 35 heavy (non-hydrogen) atoms. The normalized spacial score (nSPS) is 15.8. The number of sulfonamides is 1. The average Bonchev–Trinajstić information content (AvgIpc) is 3.27. The number of para-hydroxylation sites is 2. The number of amides is 2. The molecule has 2 amide bonds. The van der Waals surface area contributed by atoms with Gasteiger partial charge >= 0.3 is 0 Å². The molecule has 186 valence electrons. The maximum absolute atomic E-state index is 12.8. The van der Waals surface area contributed by atoms with Crippen LogP contribution in [0.15, 0.2) is 59.5 Å². The van der Waals surface area contributed by atoms with Gasteiger partial charge in [0.05, 0.1) is 22.0 Å². The van der Waals surface area contributed by atoms with E-state index in [4.69, 9.17) is 0 Å². The van der Waals surface area contributed by atoms with Gasteiger partial charge in [-0.05, 0) is 38.1 Å². The molecular weight excluding hydrogens is 466 g/mol. The summed E-state index contributed by atoms with van der Waals surface area (Å²) >= 11 is 0. The number of carbonyl (C=O) groups excluding carboxylic acids is 2. The van der Waals surface area contributed by atoms with Crippen LogP contribution in [0.25, 0.3) is 11.0 Å². The molecule has 1 N–H and O–H groups in total. The molecule has 9 nitrogen and oxygen atoms in total. The standard InChI is InChI=1S/C25H31N5O4S/c1-3-30-22-12-8-7-11-21(22)27-25(30)19(2)26-23(31)13-14-24(32)28-15-17-29(18-16-28)35(33,34)20-9-5-4-6-10-20/h4-12,19H,3,13-18H2,1-2H3,(H,26,31). The number of aryl methyl sites for hydroxylation is 1. The topological polar surface area (TPSA) is 105 Å². The van der Waals surface area contributed by atoms with Gasteiger partial charge < -0.3 is 14.8 Å². The van der Waals surface area contributed by atoms with Crippen LogP contribution in [-0.2, 0) is 26.2 Å². The Hall–Kier alpha value is -3.24. The van der Waals surface area contributed by atoms with E-state index in [-0.39, 0.29) is 48.7 Å². The second-order valence-electron chi connectivity index (χ2n) is 8.59. The van der Waals surface area contributed by atoms with Crippen LogP contribution in [0, 0.1) is 0 Å². The van der Waals surface area contributed by atoms with Gasteiger partial charge in [-0.3, -0.25) is 9.59 Å². The quantitative estimate of drug-likeness (QED) is 0.515. The molecule has 2 aromatic carbocycles. The van der Waals surface area contributed by atoms with Crippen molar-refractivity contribution in [2.75, 3.05) is 26.2 Å². The number of hydrogen-bond donors (Lipinski definition) is 1. The number of aromatic nitrogens is 2. The number of carbonyl (C=O) groups is 2. The summed E-state index contributed by atoms with van der Waals surface area (Å²) in [6.45, 7) is 5.75. The average molecular weight is 498 g/mol. The number of piperazine rings is 1. The molecule has 1 aliphatic rings. The van der Waals surface area contributed by atoms with E-state index in [1.165, 1.54) is 4.31 Å². The number of imidazole rings is 1. The Kier molecular flexibility index (Phi) is 7.51. The highest BCUT2D eigenvalue weighted by atomic mass is 32.2. The van der Waals surface area contributed by atoms with Crippen LogP contribution in [0.1, 0.15) is 38.6 Å². The van der Waals surface area contributed by atoms with E-state index in [0.717, 1.165) is 23.4 Å². The molecule has 1 atom stereocenters. The summed E-state index contributed by atoms with van der Waals surface area (Å²) in [7, 11) is -3.57. The molecule has 1 unspecified atom stereocenters. The molecule has 0 aliphatic carbocycles. The van der Waals surface area contributed by atoms with Crippen LogP contribution in [0.5, 0.6) is 0 Å². The molecule has 1 fully saturated rings. The summed E-state index contributed by atoms with van der Waals surface area (Å²) in [4.78, 5) is 31.8. The minimum absolute atomic E-state index is 0.0675. The number of fused-ring (bicyclic) bond motifs is 1. The van der Waals surface area contributed by atoms with Crippen molar-refractivity contribution in [2.45, 2.75) is 44.2 Å². The summed E-state index contributed by atoms with van der Waals surface area (Å²) in [5, 5.41) is 2.95. The largest absolute Gasteiger partial charge is 0.346 e. The molecule has 4 rings (SSSR count). The fraction of sp³-hybridized carbons (Fsp3) is 0.400. The molecule has 0 bridgehead atoms. The molecule has 1 aromatic heterocycles. The van der Waals surface area contributed by atoms with Crippen LogP contribution in [0.3, 0.4) is 0 Å². The van der Waals surface area contributed by atoms with Crippen molar-refractivity contribution in [1.29, 1.82) is 0 Å². The Balaban J connectivity index is 1.27. The number of nitrogens with zero attached hydrogens (tertiary/aromatic N) is 4. The number of rotatable bonds is 8. The molecule has 0 saturated carbocycles. The lowest BCUT2D eigenvalue weighted by Gasteiger charge is -2.34. The van der Waals surface area contributed by atoms with Crippen molar-refractivity contribution in [2.24, 2.45) is 0 Å². The van der Waals surface area contributed by atoms with E-state index in [2.05, 4.69) is 14.9 Å². The van der Waals surface area contributed by atoms with Gasteiger partial charge in [0.25, 0.3) is 0 Å². The minimum Gasteiger partial charge on any atom is -0.346 e. The van der Waals surface area contributed by atoms with Crippen molar-refractivity contribution in [1.82, 2.24) is 24.1 Å². The van der Waals surface area contributed by atoms with Gasteiger partial charge in [-0.15, -0.1) is 0 Å². The number of nitrogens with one attached hydrogen (secondary N) is 1. The van der Waals surface area contributed by atoms with Crippen molar-refractivity contribution < 1.29 is 18.0 Å². The SMILES string of the molecule is CCn1c(C(C)NC(=O)CCC(=O)N2CCN(S(=O)(=O)c3ccccc3)CC2)nc2ccccc21. The van der Waals surface area contributed by atoms with Gasteiger partial charge in [-0.25, -0.2) is 13.4 Å². The Morgan fingerprint density at radius 1 is 0.971 bits per heavy atom. The lowest BCUT2D eigenvalue weighted by atomic mass is 10.2. The fourth-order valence-electron chi connectivity index (χ4n) is 4.43. The highest BCUT2D eigenvalue weighted by molar-refractivity contribution is 7.89. The van der Waals surface area contributed by atoms with Crippen molar-refractivity contribution in [3.8, 4) is 0 Å². The molecule has 0 spiro atoms. The van der Waals surface area contributed by atoms with Gasteiger partial charge in [-0.1, -0.05) is 30.3 Å². The Morgan fingerprint density at radius 2 is 1.63 bits per heavy atom. The van der Waals surface area contributed by atoms with Gasteiger partial charge in [0.2, 0.25) is 21.8 Å². The van der Waals surface area contributed by atoms with Crippen molar-refractivity contribution in [3.05, 3.63) is 60.4 Å². The zero-order chi connectivity index (χ0) is 25.0. The number of benzene rings is 2. The van der Waals surface area contributed by atoms with Gasteiger partial charge in [0, 0.05) is 45.6 Å². The molecule has 3 aromatic rings. The molecular formula is C25H31N5O4S. The zero-order valence-corrected chi connectivity index (χ0v) is 20.9. The number of hydrogen-bond acceptors (Lipinski definition) is 5. The third-order valence-electron chi connectivity index (χ3n) is 6.30. The van der Waals surface area contributed by atoms with E-state index in [0.29, 0.717) is 13.1 Å². The third-order valence-corrected chi connectivity index (χ3v) is 8.22. The molecule has 2 heterocycles. The predicted octanol–water partition coefficient (Wildman–Crippen LogP) is 2.55. The smallest absolute Gasteiger partial charge is 0.243 e. The van der Waals surface area contributed by atoms with Crippen LogP contribution in [0.2, 0.25) is 0 Å². The molecule has 1 saturated heterocycles. The monoisotopic (exact) mass is 497 g/mol. The van der Waals surface area contributed by atoms with Crippen molar-refractivity contribution >= 4 is 32.9 Å². The first-order chi connectivity index (χ1) is 16.8. The van der Waals surface area contributed by atoms with Crippen LogP contribution in [0.4, 0.5) is 0 Å². The van der Waals surface area contributed by atoms with E-state index < -0.39 is 10.0 Å². The summed E-state index contributed by atoms with van der Waals surface area (Å²) < 4.78 is 29.0. The van der Waals surface area contributed by atoms with E-state index in [9.17, 15) is 18.0 Å². The fourth-order valence-corrected chi connectivity index (χ4v) is 5.88. The maximum Gasteiger partial charge on any atom is 0.243 e. The summed E-state index contributed by atoms with van der Waals surface area (Å²) in [6.07, 6.45) is 0.145. The lowest BCUT2D eigenvalue weighted by molar-refractivity contribution is -0.134. The van der Waals surface area contributed by atoms with E-state index in [1.807, 2.05) is 38.1 Å². The zero-order valence-electron chi connectivity index (χ0n) is 20.1. The van der Waals surface area contributed by atoms with Crippen LogP contribution < -0.4 is 5.32 Å². The van der Waals surface area contributed by atoms with Gasteiger partial charge in [0.15, 0.2) is 0 Å². The lowest BCUT2D eigenvalue weighted by Crippen LogP contribution is -2.50. The highest BCUT2D eigenvalue weighted by Gasteiger charge is 2.30.